The molecule has 0 aliphatic carbocycles. The fourth-order valence-electron chi connectivity index (χ4n) is 1.80. The van der Waals surface area contributed by atoms with E-state index in [1.165, 1.54) is 23.5 Å². The Kier molecular flexibility index (Phi) is 5.63. The van der Waals surface area contributed by atoms with Crippen molar-refractivity contribution in [1.82, 2.24) is 10.3 Å². The molecule has 0 bridgehead atoms. The summed E-state index contributed by atoms with van der Waals surface area (Å²) >= 11 is 1.39. The Bertz CT molecular complexity index is 625. The molecule has 1 aromatic carbocycles. The fraction of sp³-hybridized carbons (Fsp3) is 0.375. The molecule has 1 aromatic heterocycles. The normalized spacial score (nSPS) is 12.4. The smallest absolute Gasteiger partial charge is 0.270 e. The van der Waals surface area contributed by atoms with Crippen molar-refractivity contribution in [3.8, 4) is 0 Å². The van der Waals surface area contributed by atoms with E-state index in [0.717, 1.165) is 10.6 Å². The van der Waals surface area contributed by atoms with Crippen LogP contribution in [0.25, 0.3) is 0 Å². The van der Waals surface area contributed by atoms with Gasteiger partial charge in [0.15, 0.2) is 0 Å². The number of halogens is 1. The van der Waals surface area contributed by atoms with Gasteiger partial charge in [-0.15, -0.1) is 11.3 Å². The van der Waals surface area contributed by atoms with Crippen molar-refractivity contribution in [1.29, 1.82) is 0 Å². The van der Waals surface area contributed by atoms with Gasteiger partial charge in [0.05, 0.1) is 11.1 Å². The van der Waals surface area contributed by atoms with Crippen LogP contribution >= 0.6 is 11.3 Å². The third kappa shape index (κ3) is 4.61. The second-order valence-corrected chi connectivity index (χ2v) is 6.39. The molecular weight excluding hydrogens is 303 g/mol. The quantitative estimate of drug-likeness (QED) is 0.859. The van der Waals surface area contributed by atoms with Gasteiger partial charge in [-0.2, -0.15) is 0 Å². The lowest BCUT2D eigenvalue weighted by Gasteiger charge is -2.14. The van der Waals surface area contributed by atoms with Crippen LogP contribution < -0.4 is 5.32 Å². The van der Waals surface area contributed by atoms with E-state index in [4.69, 9.17) is 0 Å². The topological polar surface area (TPSA) is 62.2 Å². The number of carbonyl (C=O) groups is 1. The average molecular weight is 322 g/mol. The third-order valence-electron chi connectivity index (χ3n) is 3.29. The lowest BCUT2D eigenvalue weighted by Crippen LogP contribution is -2.34. The number of rotatable bonds is 6. The van der Waals surface area contributed by atoms with Gasteiger partial charge in [0.2, 0.25) is 0 Å². The summed E-state index contributed by atoms with van der Waals surface area (Å²) in [7, 11) is 0. The highest BCUT2D eigenvalue weighted by Gasteiger charge is 2.14. The molecule has 22 heavy (non-hydrogen) atoms. The second-order valence-electron chi connectivity index (χ2n) is 5.45. The SMILES string of the molecule is CC(C)C(O)CNC(=O)c1csc(Cc2ccc(F)cc2)n1. The molecule has 1 amide bonds. The van der Waals surface area contributed by atoms with Crippen molar-refractivity contribution in [2.75, 3.05) is 6.54 Å². The van der Waals surface area contributed by atoms with Gasteiger partial charge in [0.1, 0.15) is 11.5 Å². The van der Waals surface area contributed by atoms with Gasteiger partial charge in [-0.3, -0.25) is 4.79 Å². The second kappa shape index (κ2) is 7.47. The molecular formula is C16H19FN2O2S. The summed E-state index contributed by atoms with van der Waals surface area (Å²) in [4.78, 5) is 16.2. The van der Waals surface area contributed by atoms with Gasteiger partial charge in [-0.1, -0.05) is 26.0 Å². The number of aromatic nitrogens is 1. The summed E-state index contributed by atoms with van der Waals surface area (Å²) in [6, 6.07) is 6.22. The van der Waals surface area contributed by atoms with Crippen molar-refractivity contribution >= 4 is 17.2 Å². The molecule has 0 spiro atoms. The van der Waals surface area contributed by atoms with Crippen LogP contribution in [-0.2, 0) is 6.42 Å². The molecule has 0 radical (unpaired) electrons. The highest BCUT2D eigenvalue weighted by Crippen LogP contribution is 2.15. The molecule has 0 fully saturated rings. The largest absolute Gasteiger partial charge is 0.391 e. The monoisotopic (exact) mass is 322 g/mol. The number of aliphatic hydroxyl groups is 1. The first-order valence-corrected chi connectivity index (χ1v) is 7.98. The van der Waals surface area contributed by atoms with E-state index in [0.29, 0.717) is 12.1 Å². The van der Waals surface area contributed by atoms with Crippen LogP contribution in [0.1, 0.15) is 34.9 Å². The first-order chi connectivity index (χ1) is 10.5. The van der Waals surface area contributed by atoms with Gasteiger partial charge in [0, 0.05) is 18.3 Å². The van der Waals surface area contributed by atoms with Gasteiger partial charge in [0.25, 0.3) is 5.91 Å². The first kappa shape index (κ1) is 16.6. The molecule has 6 heteroatoms. The fourth-order valence-corrected chi connectivity index (χ4v) is 2.61. The van der Waals surface area contributed by atoms with Crippen LogP contribution in [0.15, 0.2) is 29.6 Å². The predicted octanol–water partition coefficient (Wildman–Crippen LogP) is 2.62. The highest BCUT2D eigenvalue weighted by atomic mass is 32.1. The number of carbonyl (C=O) groups excluding carboxylic acids is 1. The van der Waals surface area contributed by atoms with Crippen LogP contribution in [0.2, 0.25) is 0 Å². The summed E-state index contributed by atoms with van der Waals surface area (Å²) in [6.07, 6.45) is -0.00592. The molecule has 0 aliphatic heterocycles. The molecule has 1 unspecified atom stereocenters. The predicted molar refractivity (Wildman–Crippen MR) is 84.5 cm³/mol. The molecule has 0 saturated heterocycles. The average Bonchev–Trinajstić information content (AvgIpc) is 2.95. The number of hydrogen-bond donors (Lipinski definition) is 2. The van der Waals surface area contributed by atoms with Crippen LogP contribution in [0, 0.1) is 11.7 Å². The van der Waals surface area contributed by atoms with Crippen LogP contribution in [0.5, 0.6) is 0 Å². The number of nitrogens with one attached hydrogen (secondary N) is 1. The van der Waals surface area contributed by atoms with Crippen molar-refractivity contribution in [2.45, 2.75) is 26.4 Å². The minimum absolute atomic E-state index is 0.0878. The van der Waals surface area contributed by atoms with E-state index in [9.17, 15) is 14.3 Å². The van der Waals surface area contributed by atoms with Crippen molar-refractivity contribution in [3.63, 3.8) is 0 Å². The maximum atomic E-state index is 12.9. The minimum atomic E-state index is -0.568. The summed E-state index contributed by atoms with van der Waals surface area (Å²) in [5, 5.41) is 14.8. The van der Waals surface area contributed by atoms with Crippen LogP contribution in [-0.4, -0.2) is 28.6 Å². The molecule has 1 atom stereocenters. The number of aliphatic hydroxyl groups excluding tert-OH is 1. The number of benzene rings is 1. The van der Waals surface area contributed by atoms with E-state index >= 15 is 0 Å². The van der Waals surface area contributed by atoms with Crippen molar-refractivity contribution < 1.29 is 14.3 Å². The zero-order chi connectivity index (χ0) is 16.1. The Morgan fingerprint density at radius 1 is 1.36 bits per heavy atom. The van der Waals surface area contributed by atoms with E-state index in [1.807, 2.05) is 13.8 Å². The summed E-state index contributed by atoms with van der Waals surface area (Å²) in [6.45, 7) is 3.99. The molecule has 4 nitrogen and oxygen atoms in total. The zero-order valence-corrected chi connectivity index (χ0v) is 13.4. The Morgan fingerprint density at radius 3 is 2.68 bits per heavy atom. The lowest BCUT2D eigenvalue weighted by molar-refractivity contribution is 0.0867. The minimum Gasteiger partial charge on any atom is -0.391 e. The number of amides is 1. The standard InChI is InChI=1S/C16H19FN2O2S/c1-10(2)14(20)8-18-16(21)13-9-22-15(19-13)7-11-3-5-12(17)6-4-11/h3-6,9-10,14,20H,7-8H2,1-2H3,(H,18,21). The number of thiazole rings is 1. The Balaban J connectivity index is 1.93. The Hall–Kier alpha value is -1.79. The van der Waals surface area contributed by atoms with Crippen LogP contribution in [0.4, 0.5) is 4.39 Å². The first-order valence-electron chi connectivity index (χ1n) is 7.11. The highest BCUT2D eigenvalue weighted by molar-refractivity contribution is 7.09. The summed E-state index contributed by atoms with van der Waals surface area (Å²) in [5.74, 6) is -0.474. The Labute approximate surface area is 133 Å². The van der Waals surface area contributed by atoms with Gasteiger partial charge >= 0.3 is 0 Å². The molecule has 0 saturated carbocycles. The lowest BCUT2D eigenvalue weighted by atomic mass is 10.1. The molecule has 118 valence electrons. The van der Waals surface area contributed by atoms with Gasteiger partial charge in [-0.25, -0.2) is 9.37 Å². The maximum Gasteiger partial charge on any atom is 0.270 e. The van der Waals surface area contributed by atoms with Crippen molar-refractivity contribution in [2.24, 2.45) is 5.92 Å². The third-order valence-corrected chi connectivity index (χ3v) is 4.14. The van der Waals surface area contributed by atoms with Gasteiger partial charge < -0.3 is 10.4 Å². The molecule has 2 N–H and O–H groups in total. The summed E-state index contributed by atoms with van der Waals surface area (Å²) in [5.41, 5.74) is 1.29. The molecule has 0 aliphatic rings. The van der Waals surface area contributed by atoms with E-state index in [1.54, 1.807) is 17.5 Å². The van der Waals surface area contributed by atoms with Gasteiger partial charge in [-0.05, 0) is 23.6 Å². The van der Waals surface area contributed by atoms with E-state index < -0.39 is 6.10 Å². The zero-order valence-electron chi connectivity index (χ0n) is 12.5. The Morgan fingerprint density at radius 2 is 2.05 bits per heavy atom. The molecule has 1 heterocycles. The van der Waals surface area contributed by atoms with E-state index in [2.05, 4.69) is 10.3 Å². The van der Waals surface area contributed by atoms with Crippen molar-refractivity contribution in [3.05, 3.63) is 51.7 Å². The van der Waals surface area contributed by atoms with Crippen LogP contribution in [0.3, 0.4) is 0 Å². The number of nitrogens with zero attached hydrogens (tertiary/aromatic N) is 1. The summed E-state index contributed by atoms with van der Waals surface area (Å²) < 4.78 is 12.9. The molecule has 2 aromatic rings. The van der Waals surface area contributed by atoms with E-state index in [-0.39, 0.29) is 24.2 Å². The molecule has 2 rings (SSSR count). The maximum absolute atomic E-state index is 12.9. The number of hydrogen-bond acceptors (Lipinski definition) is 4.